The monoisotopic (exact) mass is 256 g/mol. The summed E-state index contributed by atoms with van der Waals surface area (Å²) in [6.07, 6.45) is -1.67. The molecule has 0 bridgehead atoms. The van der Waals surface area contributed by atoms with Crippen molar-refractivity contribution in [1.82, 2.24) is 0 Å². The molecule has 0 aromatic carbocycles. The van der Waals surface area contributed by atoms with Crippen molar-refractivity contribution in [3.63, 3.8) is 0 Å². The van der Waals surface area contributed by atoms with Gasteiger partial charge in [-0.15, -0.1) is 0 Å². The van der Waals surface area contributed by atoms with Crippen molar-refractivity contribution in [2.45, 2.75) is 6.41 Å². The zero-order valence-electron chi connectivity index (χ0n) is 2.38. The van der Waals surface area contributed by atoms with Gasteiger partial charge in [-0.1, -0.05) is 0 Å². The minimum absolute atomic E-state index is 0. The minimum atomic E-state index is -1.67. The van der Waals surface area contributed by atoms with Crippen molar-refractivity contribution in [3.05, 3.63) is 0 Å². The Morgan fingerprint density at radius 3 is 1.40 bits per heavy atom. The molecule has 0 atom stereocenters. The molecule has 0 aliphatic rings. The zero-order chi connectivity index (χ0) is 3.58. The molecule has 0 aliphatic heterocycles. The Kier molecular flexibility index (Phi) is 8.25. The summed E-state index contributed by atoms with van der Waals surface area (Å²) in [5.41, 5.74) is 4.22. The number of hydrogen-bond donors (Lipinski definition) is 3. The molecule has 0 saturated carbocycles. The molecule has 0 spiro atoms. The van der Waals surface area contributed by atoms with Crippen LogP contribution in [-0.4, -0.2) is 16.6 Å². The molecule has 0 heterocycles. The van der Waals surface area contributed by atoms with Gasteiger partial charge in [0.05, 0.1) is 0 Å². The predicted octanol–water partition coefficient (Wildman–Crippen LogP) is -1.79. The fourth-order valence-electron chi connectivity index (χ4n) is 0. The van der Waals surface area contributed by atoms with Crippen LogP contribution in [0.3, 0.4) is 0 Å². The molecule has 5 heavy (non-hydrogen) atoms. The Bertz CT molecular complexity index is 14.4. The van der Waals surface area contributed by atoms with E-state index in [9.17, 15) is 0 Å². The first-order valence-electron chi connectivity index (χ1n) is 0.850. The van der Waals surface area contributed by atoms with E-state index < -0.39 is 6.41 Å². The van der Waals surface area contributed by atoms with Gasteiger partial charge in [-0.05, 0) is 0 Å². The molecule has 0 saturated heterocycles. The van der Waals surface area contributed by atoms with E-state index in [1.54, 1.807) is 0 Å². The summed E-state index contributed by atoms with van der Waals surface area (Å²) in [5, 5.41) is 14.8. The molecule has 3 nitrogen and oxygen atoms in total. The number of aliphatic hydroxyl groups is 2. The van der Waals surface area contributed by atoms with Crippen LogP contribution in [-0.2, 0) is 20.1 Å². The van der Waals surface area contributed by atoms with Gasteiger partial charge in [-0.2, -0.15) is 0 Å². The summed E-state index contributed by atoms with van der Waals surface area (Å²) in [6.45, 7) is 0. The van der Waals surface area contributed by atoms with Crippen LogP contribution in [0.4, 0.5) is 0 Å². The molecule has 0 rings (SSSR count). The van der Waals surface area contributed by atoms with Crippen molar-refractivity contribution < 1.29 is 30.3 Å². The molecule has 4 N–H and O–H groups in total. The largest absolute Gasteiger partial charge is 0.356 e. The van der Waals surface area contributed by atoms with Crippen LogP contribution in [0.5, 0.6) is 0 Å². The molecule has 0 aliphatic carbocycles. The summed E-state index contributed by atoms with van der Waals surface area (Å²) in [6, 6.07) is 0. The number of nitrogens with two attached hydrogens (primary N) is 1. The molecule has 0 aromatic heterocycles. The van der Waals surface area contributed by atoms with Gasteiger partial charge >= 0.3 is 0 Å². The summed E-state index contributed by atoms with van der Waals surface area (Å²) in [5.74, 6) is 0. The second-order valence-electron chi connectivity index (χ2n) is 0.414. The zero-order valence-corrected chi connectivity index (χ0v) is 4.78. The van der Waals surface area contributed by atoms with E-state index in [2.05, 4.69) is 5.73 Å². The molecular formula is CH5IrNO2. The van der Waals surface area contributed by atoms with E-state index in [1.165, 1.54) is 0 Å². The smallest absolute Gasteiger partial charge is 0.208 e. The molecule has 35 valence electrons. The summed E-state index contributed by atoms with van der Waals surface area (Å²) < 4.78 is 0. The van der Waals surface area contributed by atoms with Crippen molar-refractivity contribution in [2.24, 2.45) is 5.73 Å². The molecular weight excluding hydrogens is 250 g/mol. The van der Waals surface area contributed by atoms with Gasteiger partial charge in [0, 0.05) is 20.1 Å². The van der Waals surface area contributed by atoms with Crippen LogP contribution in [0.2, 0.25) is 0 Å². The van der Waals surface area contributed by atoms with E-state index in [0.717, 1.165) is 0 Å². The van der Waals surface area contributed by atoms with Gasteiger partial charge in [0.1, 0.15) is 0 Å². The predicted molar refractivity (Wildman–Crippen MR) is 12.4 cm³/mol. The third kappa shape index (κ3) is 103. The summed E-state index contributed by atoms with van der Waals surface area (Å²) in [4.78, 5) is 0. The van der Waals surface area contributed by atoms with E-state index in [0.29, 0.717) is 0 Å². The second kappa shape index (κ2) is 4.53. The maximum Gasteiger partial charge on any atom is 0.208 e. The Labute approximate surface area is 43.1 Å². The van der Waals surface area contributed by atoms with Crippen LogP contribution in [0.25, 0.3) is 0 Å². The first-order chi connectivity index (χ1) is 1.73. The average molecular weight is 255 g/mol. The van der Waals surface area contributed by atoms with Gasteiger partial charge < -0.3 is 10.2 Å². The van der Waals surface area contributed by atoms with Gasteiger partial charge in [0.15, 0.2) is 0 Å². The fourth-order valence-corrected chi connectivity index (χ4v) is 0. The van der Waals surface area contributed by atoms with Crippen LogP contribution in [0.15, 0.2) is 0 Å². The van der Waals surface area contributed by atoms with Crippen LogP contribution in [0, 0.1) is 0 Å². The molecule has 0 amide bonds. The van der Waals surface area contributed by atoms with Crippen molar-refractivity contribution >= 4 is 0 Å². The molecule has 4 heteroatoms. The number of rotatable bonds is 0. The van der Waals surface area contributed by atoms with Crippen molar-refractivity contribution in [3.8, 4) is 0 Å². The summed E-state index contributed by atoms with van der Waals surface area (Å²) in [7, 11) is 0. The Morgan fingerprint density at radius 1 is 1.40 bits per heavy atom. The Hall–Kier alpha value is 0.529. The van der Waals surface area contributed by atoms with Gasteiger partial charge in [0.2, 0.25) is 6.41 Å². The Balaban J connectivity index is 0. The van der Waals surface area contributed by atoms with E-state index in [4.69, 9.17) is 10.2 Å². The Morgan fingerprint density at radius 2 is 1.40 bits per heavy atom. The molecule has 0 unspecified atom stereocenters. The summed E-state index contributed by atoms with van der Waals surface area (Å²) >= 11 is 0. The fraction of sp³-hybridized carbons (Fsp3) is 1.00. The van der Waals surface area contributed by atoms with Gasteiger partial charge in [-0.25, -0.2) is 0 Å². The number of hydrogen-bond acceptors (Lipinski definition) is 3. The first kappa shape index (κ1) is 9.11. The molecule has 0 fully saturated rings. The van der Waals surface area contributed by atoms with E-state index in [1.807, 2.05) is 0 Å². The second-order valence-corrected chi connectivity index (χ2v) is 0.414. The third-order valence-corrected chi connectivity index (χ3v) is 0. The van der Waals surface area contributed by atoms with Crippen LogP contribution < -0.4 is 5.73 Å². The van der Waals surface area contributed by atoms with Crippen LogP contribution >= 0.6 is 0 Å². The number of aliphatic hydroxyl groups excluding tert-OH is 1. The van der Waals surface area contributed by atoms with Crippen LogP contribution in [0.1, 0.15) is 0 Å². The first-order valence-corrected chi connectivity index (χ1v) is 0.850. The maximum absolute atomic E-state index is 7.39. The standard InChI is InChI=1S/CH5NO2.Ir/c2-1(3)4;/h1,3-4H,2H2;. The average Bonchev–Trinajstić information content (AvgIpc) is 0.811. The molecule has 1 radical (unpaired) electrons. The normalized spacial score (nSPS) is 7.20. The van der Waals surface area contributed by atoms with Crippen molar-refractivity contribution in [1.29, 1.82) is 0 Å². The van der Waals surface area contributed by atoms with Gasteiger partial charge in [0.25, 0.3) is 0 Å². The quantitative estimate of drug-likeness (QED) is 0.448. The minimum Gasteiger partial charge on any atom is -0.356 e. The van der Waals surface area contributed by atoms with E-state index in [-0.39, 0.29) is 20.1 Å². The SMILES string of the molecule is NC(O)O.[Ir]. The van der Waals surface area contributed by atoms with Gasteiger partial charge in [-0.3, -0.25) is 5.73 Å². The van der Waals surface area contributed by atoms with E-state index >= 15 is 0 Å². The maximum atomic E-state index is 7.39. The third-order valence-electron chi connectivity index (χ3n) is 0. The molecule has 0 aromatic rings. The topological polar surface area (TPSA) is 66.5 Å². The van der Waals surface area contributed by atoms with Crippen molar-refractivity contribution in [2.75, 3.05) is 0 Å².